The predicted octanol–water partition coefficient (Wildman–Crippen LogP) is 2.52. The summed E-state index contributed by atoms with van der Waals surface area (Å²) in [6.07, 6.45) is 4.63. The Balaban J connectivity index is 2.98. The van der Waals surface area contributed by atoms with Gasteiger partial charge in [-0.25, -0.2) is 0 Å². The minimum atomic E-state index is -2.90. The van der Waals surface area contributed by atoms with Gasteiger partial charge in [0.1, 0.15) is 17.4 Å². The number of rotatable bonds is 6. The molecule has 0 aliphatic carbocycles. The third-order valence-corrected chi connectivity index (χ3v) is 2.48. The first-order chi connectivity index (χ1) is 9.90. The SMILES string of the molecule is CCC(C)N=C(/C=C(\C)OC(F)F)Nc1cncc(=O)[nH]1. The van der Waals surface area contributed by atoms with Crippen LogP contribution in [-0.4, -0.2) is 28.5 Å². The quantitative estimate of drug-likeness (QED) is 0.480. The number of allylic oxidation sites excluding steroid dienone is 1. The van der Waals surface area contributed by atoms with E-state index in [1.54, 1.807) is 0 Å². The van der Waals surface area contributed by atoms with Crippen LogP contribution in [0.25, 0.3) is 0 Å². The summed E-state index contributed by atoms with van der Waals surface area (Å²) in [4.78, 5) is 21.7. The molecule has 1 aromatic rings. The number of halogens is 2. The summed E-state index contributed by atoms with van der Waals surface area (Å²) in [5.74, 6) is 0.614. The lowest BCUT2D eigenvalue weighted by Gasteiger charge is -2.11. The maximum Gasteiger partial charge on any atom is 0.387 e. The van der Waals surface area contributed by atoms with Crippen LogP contribution in [0.2, 0.25) is 0 Å². The molecule has 0 saturated heterocycles. The van der Waals surface area contributed by atoms with Crippen molar-refractivity contribution in [2.75, 3.05) is 5.32 Å². The molecule has 1 rings (SSSR count). The molecule has 2 N–H and O–H groups in total. The molecule has 21 heavy (non-hydrogen) atoms. The molecule has 0 amide bonds. The monoisotopic (exact) mass is 300 g/mol. The summed E-state index contributed by atoms with van der Waals surface area (Å²) in [5, 5.41) is 2.82. The van der Waals surface area contributed by atoms with E-state index in [9.17, 15) is 13.6 Å². The first kappa shape index (κ1) is 16.8. The summed E-state index contributed by atoms with van der Waals surface area (Å²) < 4.78 is 28.6. The van der Waals surface area contributed by atoms with Gasteiger partial charge in [0, 0.05) is 12.1 Å². The molecule has 0 aromatic carbocycles. The van der Waals surface area contributed by atoms with Crippen LogP contribution in [0.5, 0.6) is 0 Å². The number of H-pyrrole nitrogens is 1. The first-order valence-electron chi connectivity index (χ1n) is 6.43. The van der Waals surface area contributed by atoms with E-state index in [0.29, 0.717) is 11.7 Å². The van der Waals surface area contributed by atoms with E-state index in [1.165, 1.54) is 19.2 Å². The minimum Gasteiger partial charge on any atom is -0.440 e. The molecular weight excluding hydrogens is 282 g/mol. The molecule has 1 aromatic heterocycles. The van der Waals surface area contributed by atoms with Gasteiger partial charge in [0.15, 0.2) is 0 Å². The average molecular weight is 300 g/mol. The van der Waals surface area contributed by atoms with Crippen LogP contribution in [0.15, 0.2) is 34.0 Å². The van der Waals surface area contributed by atoms with Gasteiger partial charge in [0.05, 0.1) is 12.4 Å². The Morgan fingerprint density at radius 2 is 2.29 bits per heavy atom. The standard InChI is InChI=1S/C13H18F2N4O2/c1-4-8(2)17-10(5-9(3)21-13(14)15)18-11-6-16-7-12(20)19-11/h5-8,13H,4H2,1-3H3,(H2,17,18,19,20)/b9-5+. The fourth-order valence-corrected chi connectivity index (χ4v) is 1.38. The van der Waals surface area contributed by atoms with Gasteiger partial charge in [-0.1, -0.05) is 6.92 Å². The van der Waals surface area contributed by atoms with Crippen LogP contribution in [0, 0.1) is 0 Å². The second kappa shape index (κ2) is 8.13. The Labute approximate surface area is 121 Å². The van der Waals surface area contributed by atoms with Gasteiger partial charge >= 0.3 is 6.61 Å². The Hall–Kier alpha value is -2.25. The number of hydrogen-bond donors (Lipinski definition) is 2. The maximum absolute atomic E-state index is 12.2. The van der Waals surface area contributed by atoms with E-state index >= 15 is 0 Å². The van der Waals surface area contributed by atoms with E-state index in [1.807, 2.05) is 13.8 Å². The van der Waals surface area contributed by atoms with Crippen LogP contribution in [0.1, 0.15) is 27.2 Å². The van der Waals surface area contributed by atoms with Crippen molar-refractivity contribution in [1.82, 2.24) is 9.97 Å². The number of aromatic nitrogens is 2. The molecule has 8 heteroatoms. The first-order valence-corrected chi connectivity index (χ1v) is 6.43. The number of nitrogens with one attached hydrogen (secondary N) is 2. The largest absolute Gasteiger partial charge is 0.440 e. The second-order valence-electron chi connectivity index (χ2n) is 4.34. The number of amidine groups is 1. The van der Waals surface area contributed by atoms with Gasteiger partial charge in [-0.15, -0.1) is 0 Å². The third-order valence-electron chi connectivity index (χ3n) is 2.48. The van der Waals surface area contributed by atoms with E-state index < -0.39 is 6.61 Å². The lowest BCUT2D eigenvalue weighted by molar-refractivity contribution is -0.0952. The van der Waals surface area contributed by atoms with Crippen LogP contribution < -0.4 is 10.9 Å². The van der Waals surface area contributed by atoms with Gasteiger partial charge < -0.3 is 15.0 Å². The zero-order valence-corrected chi connectivity index (χ0v) is 12.1. The molecule has 1 heterocycles. The normalized spacial score (nSPS) is 14.2. The van der Waals surface area contributed by atoms with Crippen LogP contribution in [0.3, 0.4) is 0 Å². The Bertz CT molecular complexity index is 569. The van der Waals surface area contributed by atoms with Crippen molar-refractivity contribution < 1.29 is 13.5 Å². The maximum atomic E-state index is 12.2. The van der Waals surface area contributed by atoms with Crippen molar-refractivity contribution in [1.29, 1.82) is 0 Å². The second-order valence-corrected chi connectivity index (χ2v) is 4.34. The van der Waals surface area contributed by atoms with Crippen molar-refractivity contribution in [3.8, 4) is 0 Å². The molecule has 0 aliphatic heterocycles. The fraction of sp³-hybridized carbons (Fsp3) is 0.462. The number of aliphatic imine (C=N–C) groups is 1. The number of aromatic amines is 1. The zero-order valence-electron chi connectivity index (χ0n) is 12.1. The molecule has 6 nitrogen and oxygen atoms in total. The zero-order chi connectivity index (χ0) is 15.8. The Morgan fingerprint density at radius 3 is 2.86 bits per heavy atom. The lowest BCUT2D eigenvalue weighted by Crippen LogP contribution is -2.17. The molecule has 0 bridgehead atoms. The highest BCUT2D eigenvalue weighted by Crippen LogP contribution is 2.07. The highest BCUT2D eigenvalue weighted by molar-refractivity contribution is 6.03. The minimum absolute atomic E-state index is 0.00536. The van der Waals surface area contributed by atoms with Crippen LogP contribution in [-0.2, 0) is 4.74 Å². The number of anilines is 1. The Morgan fingerprint density at radius 1 is 1.57 bits per heavy atom. The smallest absolute Gasteiger partial charge is 0.387 e. The number of ether oxygens (including phenoxy) is 1. The van der Waals surface area contributed by atoms with Crippen molar-refractivity contribution >= 4 is 11.7 Å². The molecule has 1 unspecified atom stereocenters. The molecule has 0 radical (unpaired) electrons. The van der Waals surface area contributed by atoms with Crippen molar-refractivity contribution in [3.63, 3.8) is 0 Å². The van der Waals surface area contributed by atoms with Gasteiger partial charge in [-0.05, 0) is 20.3 Å². The van der Waals surface area contributed by atoms with Crippen LogP contribution in [0.4, 0.5) is 14.6 Å². The van der Waals surface area contributed by atoms with E-state index in [0.717, 1.165) is 12.6 Å². The van der Waals surface area contributed by atoms with E-state index in [-0.39, 0.29) is 17.4 Å². The molecule has 0 aliphatic rings. The Kier molecular flexibility index (Phi) is 6.51. The van der Waals surface area contributed by atoms with Gasteiger partial charge in [0.25, 0.3) is 5.56 Å². The molecule has 0 fully saturated rings. The number of hydrogen-bond acceptors (Lipinski definition) is 4. The highest BCUT2D eigenvalue weighted by Gasteiger charge is 2.06. The van der Waals surface area contributed by atoms with Crippen molar-refractivity contribution in [3.05, 3.63) is 34.6 Å². The molecule has 0 spiro atoms. The summed E-state index contributed by atoms with van der Waals surface area (Å²) >= 11 is 0. The summed E-state index contributed by atoms with van der Waals surface area (Å²) in [5.41, 5.74) is -0.382. The highest BCUT2D eigenvalue weighted by atomic mass is 19.3. The van der Waals surface area contributed by atoms with E-state index in [2.05, 4.69) is 25.0 Å². The van der Waals surface area contributed by atoms with Gasteiger partial charge in [0.2, 0.25) is 0 Å². The van der Waals surface area contributed by atoms with Crippen molar-refractivity contribution in [2.45, 2.75) is 39.8 Å². The summed E-state index contributed by atoms with van der Waals surface area (Å²) in [7, 11) is 0. The fourth-order valence-electron chi connectivity index (χ4n) is 1.38. The summed E-state index contributed by atoms with van der Waals surface area (Å²) in [6, 6.07) is -0.0218. The molecular formula is C13H18F2N4O2. The number of nitrogens with zero attached hydrogens (tertiary/aromatic N) is 2. The molecule has 0 saturated carbocycles. The summed E-state index contributed by atoms with van der Waals surface area (Å²) in [6.45, 7) is 2.32. The molecule has 116 valence electrons. The van der Waals surface area contributed by atoms with Gasteiger partial charge in [-0.2, -0.15) is 8.78 Å². The van der Waals surface area contributed by atoms with Gasteiger partial charge in [-0.3, -0.25) is 14.8 Å². The lowest BCUT2D eigenvalue weighted by atomic mass is 10.3. The number of alkyl halides is 2. The van der Waals surface area contributed by atoms with E-state index in [4.69, 9.17) is 0 Å². The predicted molar refractivity (Wildman–Crippen MR) is 76.5 cm³/mol. The topological polar surface area (TPSA) is 79.4 Å². The van der Waals surface area contributed by atoms with Crippen molar-refractivity contribution in [2.24, 2.45) is 4.99 Å². The van der Waals surface area contributed by atoms with Crippen LogP contribution >= 0.6 is 0 Å². The average Bonchev–Trinajstić information content (AvgIpc) is 2.37. The third kappa shape index (κ3) is 6.64. The molecule has 1 atom stereocenters.